The molecule has 0 fully saturated rings. The van der Waals surface area contributed by atoms with Crippen LogP contribution in [0.5, 0.6) is 0 Å². The third-order valence-electron chi connectivity index (χ3n) is 3.99. The Kier molecular flexibility index (Phi) is 5.13. The summed E-state index contributed by atoms with van der Waals surface area (Å²) in [6.07, 6.45) is 0. The zero-order valence-electron chi connectivity index (χ0n) is 15.4. The Labute approximate surface area is 157 Å². The van der Waals surface area contributed by atoms with Gasteiger partial charge in [0.2, 0.25) is 5.95 Å². The number of amides is 1. The maximum Gasteiger partial charge on any atom is 0.274 e. The number of aryl methyl sites for hydroxylation is 3. The average Bonchev–Trinajstić information content (AvgIpc) is 2.64. The molecule has 6 heteroatoms. The molecule has 0 spiro atoms. The van der Waals surface area contributed by atoms with E-state index in [1.165, 1.54) is 5.56 Å². The highest BCUT2D eigenvalue weighted by molar-refractivity contribution is 6.03. The molecule has 0 aliphatic carbocycles. The van der Waals surface area contributed by atoms with Crippen molar-refractivity contribution in [3.05, 3.63) is 76.6 Å². The van der Waals surface area contributed by atoms with Crippen molar-refractivity contribution in [2.75, 3.05) is 10.6 Å². The molecule has 6 nitrogen and oxygen atoms in total. The highest BCUT2D eigenvalue weighted by atomic mass is 16.1. The maximum atomic E-state index is 12.5. The first-order valence-corrected chi connectivity index (χ1v) is 8.46. The standard InChI is InChI=1S/C21H19N5O/c1-13-4-9-18(14(2)10-13)25-21-23-15(3)11-19(26-21)20(27)24-17-7-5-16(12-22)6-8-17/h4-11H,1-3H3,(H,24,27)(H,23,25,26). The lowest BCUT2D eigenvalue weighted by Crippen LogP contribution is -2.15. The van der Waals surface area contributed by atoms with E-state index >= 15 is 0 Å². The molecule has 2 N–H and O–H groups in total. The predicted octanol–water partition coefficient (Wildman–Crippen LogP) is 4.27. The summed E-state index contributed by atoms with van der Waals surface area (Å²) in [5.74, 6) is 0.0285. The fourth-order valence-corrected chi connectivity index (χ4v) is 2.64. The summed E-state index contributed by atoms with van der Waals surface area (Å²) in [5.41, 5.74) is 5.21. The molecule has 0 aliphatic rings. The fraction of sp³-hybridized carbons (Fsp3) is 0.143. The predicted molar refractivity (Wildman–Crippen MR) is 105 cm³/mol. The molecule has 3 rings (SSSR count). The smallest absolute Gasteiger partial charge is 0.274 e. The number of nitrogens with zero attached hydrogens (tertiary/aromatic N) is 3. The van der Waals surface area contributed by atoms with Gasteiger partial charge in [0.15, 0.2) is 0 Å². The van der Waals surface area contributed by atoms with Crippen molar-refractivity contribution in [1.82, 2.24) is 9.97 Å². The molecule has 0 bridgehead atoms. The van der Waals surface area contributed by atoms with Gasteiger partial charge < -0.3 is 10.6 Å². The summed E-state index contributed by atoms with van der Waals surface area (Å²) < 4.78 is 0. The van der Waals surface area contributed by atoms with Crippen molar-refractivity contribution in [3.63, 3.8) is 0 Å². The molecule has 0 saturated heterocycles. The number of carbonyl (C=O) groups excluding carboxylic acids is 1. The van der Waals surface area contributed by atoms with Gasteiger partial charge in [-0.3, -0.25) is 4.79 Å². The first-order valence-electron chi connectivity index (χ1n) is 8.46. The Morgan fingerprint density at radius 2 is 1.74 bits per heavy atom. The quantitative estimate of drug-likeness (QED) is 0.728. The Hall–Kier alpha value is -3.72. The first-order chi connectivity index (χ1) is 12.9. The van der Waals surface area contributed by atoms with Gasteiger partial charge in [0.05, 0.1) is 11.6 Å². The molecule has 3 aromatic rings. The van der Waals surface area contributed by atoms with Crippen LogP contribution in [0.2, 0.25) is 0 Å². The lowest BCUT2D eigenvalue weighted by atomic mass is 10.1. The van der Waals surface area contributed by atoms with Gasteiger partial charge in [0.25, 0.3) is 5.91 Å². The molecule has 1 amide bonds. The van der Waals surface area contributed by atoms with E-state index in [9.17, 15) is 4.79 Å². The molecule has 2 aromatic carbocycles. The molecule has 0 saturated carbocycles. The van der Waals surface area contributed by atoms with Gasteiger partial charge in [-0.05, 0) is 62.7 Å². The average molecular weight is 357 g/mol. The van der Waals surface area contributed by atoms with Gasteiger partial charge in [0.1, 0.15) is 5.69 Å². The lowest BCUT2D eigenvalue weighted by molar-refractivity contribution is 0.102. The summed E-state index contributed by atoms with van der Waals surface area (Å²) in [6, 6.07) is 16.4. The van der Waals surface area contributed by atoms with E-state index in [1.807, 2.05) is 39.0 Å². The van der Waals surface area contributed by atoms with E-state index in [0.29, 0.717) is 22.9 Å². The van der Waals surface area contributed by atoms with Crippen LogP contribution < -0.4 is 10.6 Å². The van der Waals surface area contributed by atoms with Crippen LogP contribution in [0.25, 0.3) is 0 Å². The second-order valence-electron chi connectivity index (χ2n) is 6.30. The van der Waals surface area contributed by atoms with Crippen LogP contribution in [-0.2, 0) is 0 Å². The number of carbonyl (C=O) groups is 1. The van der Waals surface area contributed by atoms with Gasteiger partial charge in [-0.2, -0.15) is 5.26 Å². The van der Waals surface area contributed by atoms with Crippen LogP contribution in [0.4, 0.5) is 17.3 Å². The number of nitriles is 1. The van der Waals surface area contributed by atoms with E-state index in [0.717, 1.165) is 11.3 Å². The number of rotatable bonds is 4. The van der Waals surface area contributed by atoms with E-state index in [1.54, 1.807) is 30.3 Å². The van der Waals surface area contributed by atoms with Gasteiger partial charge in [-0.15, -0.1) is 0 Å². The Morgan fingerprint density at radius 1 is 1.00 bits per heavy atom. The molecule has 134 valence electrons. The number of hydrogen-bond acceptors (Lipinski definition) is 5. The SMILES string of the molecule is Cc1ccc(Nc2nc(C)cc(C(=O)Nc3ccc(C#N)cc3)n2)c(C)c1. The zero-order chi connectivity index (χ0) is 19.4. The van der Waals surface area contributed by atoms with Crippen molar-refractivity contribution < 1.29 is 4.79 Å². The second kappa shape index (κ2) is 7.67. The molecule has 0 radical (unpaired) electrons. The Morgan fingerprint density at radius 3 is 2.41 bits per heavy atom. The van der Waals surface area contributed by atoms with Crippen molar-refractivity contribution in [2.24, 2.45) is 0 Å². The summed E-state index contributed by atoms with van der Waals surface area (Å²) in [5, 5.41) is 14.8. The van der Waals surface area contributed by atoms with Gasteiger partial charge in [0, 0.05) is 17.1 Å². The number of hydrogen-bond donors (Lipinski definition) is 2. The van der Waals surface area contributed by atoms with E-state index in [4.69, 9.17) is 5.26 Å². The number of benzene rings is 2. The normalized spacial score (nSPS) is 10.1. The van der Waals surface area contributed by atoms with E-state index < -0.39 is 0 Å². The first kappa shape index (κ1) is 18.1. The largest absolute Gasteiger partial charge is 0.324 e. The molecule has 1 heterocycles. The molecule has 0 atom stereocenters. The van der Waals surface area contributed by atoms with Crippen LogP contribution in [0.3, 0.4) is 0 Å². The summed E-state index contributed by atoms with van der Waals surface area (Å²) in [6.45, 7) is 5.85. The minimum Gasteiger partial charge on any atom is -0.324 e. The van der Waals surface area contributed by atoms with Crippen molar-refractivity contribution in [2.45, 2.75) is 20.8 Å². The number of anilines is 3. The van der Waals surface area contributed by atoms with Gasteiger partial charge in [-0.25, -0.2) is 9.97 Å². The topological polar surface area (TPSA) is 90.7 Å². The summed E-state index contributed by atoms with van der Waals surface area (Å²) in [7, 11) is 0. The molecule has 1 aromatic heterocycles. The second-order valence-corrected chi connectivity index (χ2v) is 6.30. The van der Waals surface area contributed by atoms with Crippen LogP contribution >= 0.6 is 0 Å². The zero-order valence-corrected chi connectivity index (χ0v) is 15.4. The molecule has 27 heavy (non-hydrogen) atoms. The monoisotopic (exact) mass is 357 g/mol. The molecular weight excluding hydrogens is 338 g/mol. The summed E-state index contributed by atoms with van der Waals surface area (Å²) >= 11 is 0. The molecule has 0 unspecified atom stereocenters. The third kappa shape index (κ3) is 4.47. The van der Waals surface area contributed by atoms with Crippen LogP contribution in [-0.4, -0.2) is 15.9 Å². The highest BCUT2D eigenvalue weighted by Crippen LogP contribution is 2.20. The van der Waals surface area contributed by atoms with Crippen molar-refractivity contribution >= 4 is 23.2 Å². The third-order valence-corrected chi connectivity index (χ3v) is 3.99. The maximum absolute atomic E-state index is 12.5. The Balaban J connectivity index is 1.81. The fourth-order valence-electron chi connectivity index (χ4n) is 2.64. The number of nitrogens with one attached hydrogen (secondary N) is 2. The van der Waals surface area contributed by atoms with E-state index in [2.05, 4.69) is 26.7 Å². The van der Waals surface area contributed by atoms with Gasteiger partial charge in [-0.1, -0.05) is 17.7 Å². The highest BCUT2D eigenvalue weighted by Gasteiger charge is 2.12. The van der Waals surface area contributed by atoms with Crippen LogP contribution in [0.15, 0.2) is 48.5 Å². The van der Waals surface area contributed by atoms with Crippen molar-refractivity contribution in [3.8, 4) is 6.07 Å². The lowest BCUT2D eigenvalue weighted by Gasteiger charge is -2.11. The molecule has 0 aliphatic heterocycles. The van der Waals surface area contributed by atoms with Crippen LogP contribution in [0, 0.1) is 32.1 Å². The number of aromatic nitrogens is 2. The molecular formula is C21H19N5O. The van der Waals surface area contributed by atoms with Crippen LogP contribution in [0.1, 0.15) is 32.9 Å². The van der Waals surface area contributed by atoms with Gasteiger partial charge >= 0.3 is 0 Å². The van der Waals surface area contributed by atoms with E-state index in [-0.39, 0.29) is 11.6 Å². The van der Waals surface area contributed by atoms with Crippen molar-refractivity contribution in [1.29, 1.82) is 5.26 Å². The minimum absolute atomic E-state index is 0.263. The summed E-state index contributed by atoms with van der Waals surface area (Å²) in [4.78, 5) is 21.2. The Bertz CT molecular complexity index is 1040. The minimum atomic E-state index is -0.339.